The molecule has 0 atom stereocenters. The smallest absolute Gasteiger partial charge is 0.252 e. The Labute approximate surface area is 132 Å². The lowest BCUT2D eigenvalue weighted by Gasteiger charge is -2.30. The van der Waals surface area contributed by atoms with Gasteiger partial charge in [-0.1, -0.05) is 19.8 Å². The Hall–Kier alpha value is -0.430. The summed E-state index contributed by atoms with van der Waals surface area (Å²) >= 11 is 1.40. The molecule has 2 rings (SSSR count). The molecular weight excluding hydrogens is 304 g/mol. The van der Waals surface area contributed by atoms with Crippen LogP contribution in [0, 0.1) is 12.8 Å². The summed E-state index contributed by atoms with van der Waals surface area (Å²) in [5, 5.41) is 3.09. The maximum absolute atomic E-state index is 12.7. The molecule has 0 unspecified atom stereocenters. The third-order valence-corrected chi connectivity index (χ3v) is 7.78. The van der Waals surface area contributed by atoms with Gasteiger partial charge in [0.1, 0.15) is 4.21 Å². The summed E-state index contributed by atoms with van der Waals surface area (Å²) in [5.41, 5.74) is 1.06. The average molecular weight is 331 g/mol. The highest BCUT2D eigenvalue weighted by atomic mass is 32.2. The van der Waals surface area contributed by atoms with E-state index < -0.39 is 10.0 Å². The second-order valence-corrected chi connectivity index (χ2v) is 9.14. The molecule has 1 saturated heterocycles. The molecule has 0 bridgehead atoms. The van der Waals surface area contributed by atoms with Gasteiger partial charge >= 0.3 is 0 Å². The Bertz CT molecular complexity index is 558. The van der Waals surface area contributed by atoms with E-state index in [1.54, 1.807) is 4.31 Å². The summed E-state index contributed by atoms with van der Waals surface area (Å²) in [7, 11) is -1.42. The zero-order valence-electron chi connectivity index (χ0n) is 13.2. The predicted octanol–water partition coefficient (Wildman–Crippen LogP) is 2.98. The van der Waals surface area contributed by atoms with E-state index in [0.717, 1.165) is 29.8 Å². The Kier molecular flexibility index (Phi) is 5.82. The fourth-order valence-corrected chi connectivity index (χ4v) is 6.15. The van der Waals surface area contributed by atoms with E-state index in [1.807, 2.05) is 20.0 Å². The van der Waals surface area contributed by atoms with Crippen LogP contribution in [0.4, 0.5) is 0 Å². The lowest BCUT2D eigenvalue weighted by molar-refractivity contribution is 0.263. The van der Waals surface area contributed by atoms with Crippen LogP contribution in [0.25, 0.3) is 0 Å². The second-order valence-electron chi connectivity index (χ2n) is 5.84. The molecule has 1 aromatic heterocycles. The number of rotatable bonds is 6. The Morgan fingerprint density at radius 1 is 1.38 bits per heavy atom. The number of sulfonamides is 1. The molecule has 21 heavy (non-hydrogen) atoms. The quantitative estimate of drug-likeness (QED) is 0.872. The molecule has 0 amide bonds. The Balaban J connectivity index is 2.10. The number of hydrogen-bond donors (Lipinski definition) is 1. The summed E-state index contributed by atoms with van der Waals surface area (Å²) in [5.74, 6) is 0.700. The number of hydrogen-bond acceptors (Lipinski definition) is 4. The highest BCUT2D eigenvalue weighted by molar-refractivity contribution is 7.91. The molecule has 0 saturated carbocycles. The van der Waals surface area contributed by atoms with Gasteiger partial charge in [-0.15, -0.1) is 11.3 Å². The van der Waals surface area contributed by atoms with Crippen molar-refractivity contribution >= 4 is 21.4 Å². The van der Waals surface area contributed by atoms with E-state index >= 15 is 0 Å². The van der Waals surface area contributed by atoms with Crippen LogP contribution in [0.2, 0.25) is 0 Å². The minimum absolute atomic E-state index is 0.499. The van der Waals surface area contributed by atoms with Gasteiger partial charge in [-0.05, 0) is 44.4 Å². The topological polar surface area (TPSA) is 49.4 Å². The molecule has 1 N–H and O–H groups in total. The minimum atomic E-state index is -3.30. The molecule has 0 aliphatic carbocycles. The largest absolute Gasteiger partial charge is 0.315 e. The summed E-state index contributed by atoms with van der Waals surface area (Å²) in [6, 6.07) is 1.82. The molecule has 1 aromatic rings. The molecule has 0 radical (unpaired) electrons. The first-order valence-corrected chi connectivity index (χ1v) is 9.98. The van der Waals surface area contributed by atoms with Crippen LogP contribution in [-0.4, -0.2) is 32.9 Å². The van der Waals surface area contributed by atoms with Crippen LogP contribution in [0.5, 0.6) is 0 Å². The van der Waals surface area contributed by atoms with Crippen molar-refractivity contribution in [3.63, 3.8) is 0 Å². The minimum Gasteiger partial charge on any atom is -0.315 e. The maximum Gasteiger partial charge on any atom is 0.252 e. The Morgan fingerprint density at radius 2 is 2.05 bits per heavy atom. The lowest BCUT2D eigenvalue weighted by Crippen LogP contribution is -2.38. The predicted molar refractivity (Wildman–Crippen MR) is 88.2 cm³/mol. The fourth-order valence-electron chi connectivity index (χ4n) is 2.93. The van der Waals surface area contributed by atoms with Gasteiger partial charge in [0.05, 0.1) is 0 Å². The SMILES string of the molecule is CCCC1CCN(S(=O)(=O)c2cc(C)c(CNC)s2)CC1. The van der Waals surface area contributed by atoms with Crippen molar-refractivity contribution in [1.82, 2.24) is 9.62 Å². The summed E-state index contributed by atoms with van der Waals surface area (Å²) in [6.07, 6.45) is 4.41. The van der Waals surface area contributed by atoms with Crippen LogP contribution in [0.3, 0.4) is 0 Å². The van der Waals surface area contributed by atoms with Gasteiger partial charge in [0, 0.05) is 24.5 Å². The second kappa shape index (κ2) is 7.22. The molecule has 120 valence electrons. The summed E-state index contributed by atoms with van der Waals surface area (Å²) < 4.78 is 27.6. The van der Waals surface area contributed by atoms with Crippen molar-refractivity contribution in [2.75, 3.05) is 20.1 Å². The Morgan fingerprint density at radius 3 is 2.62 bits per heavy atom. The highest BCUT2D eigenvalue weighted by Crippen LogP contribution is 2.31. The van der Waals surface area contributed by atoms with Crippen molar-refractivity contribution in [2.24, 2.45) is 5.92 Å². The standard InChI is InChI=1S/C15H26N2O2S2/c1-4-5-13-6-8-17(9-7-13)21(18,19)15-10-12(2)14(20-15)11-16-3/h10,13,16H,4-9,11H2,1-3H3. The van der Waals surface area contributed by atoms with Gasteiger partial charge in [-0.3, -0.25) is 0 Å². The molecule has 1 fully saturated rings. The van der Waals surface area contributed by atoms with E-state index in [1.165, 1.54) is 24.2 Å². The molecule has 0 aromatic carbocycles. The van der Waals surface area contributed by atoms with Crippen molar-refractivity contribution in [3.05, 3.63) is 16.5 Å². The van der Waals surface area contributed by atoms with Gasteiger partial charge in [0.2, 0.25) is 0 Å². The number of piperidine rings is 1. The molecule has 2 heterocycles. The van der Waals surface area contributed by atoms with E-state index in [4.69, 9.17) is 0 Å². The van der Waals surface area contributed by atoms with Gasteiger partial charge < -0.3 is 5.32 Å². The van der Waals surface area contributed by atoms with Crippen molar-refractivity contribution in [3.8, 4) is 0 Å². The van der Waals surface area contributed by atoms with Crippen molar-refractivity contribution in [1.29, 1.82) is 0 Å². The fraction of sp³-hybridized carbons (Fsp3) is 0.733. The molecule has 6 heteroatoms. The zero-order valence-corrected chi connectivity index (χ0v) is 14.8. The maximum atomic E-state index is 12.7. The van der Waals surface area contributed by atoms with Crippen molar-refractivity contribution < 1.29 is 8.42 Å². The van der Waals surface area contributed by atoms with Crippen molar-refractivity contribution in [2.45, 2.75) is 50.3 Å². The van der Waals surface area contributed by atoms with E-state index in [-0.39, 0.29) is 0 Å². The molecular formula is C15H26N2O2S2. The molecule has 1 aliphatic rings. The van der Waals surface area contributed by atoms with Gasteiger partial charge in [0.15, 0.2) is 0 Å². The monoisotopic (exact) mass is 330 g/mol. The number of aryl methyl sites for hydroxylation is 1. The van der Waals surface area contributed by atoms with Crippen LogP contribution >= 0.6 is 11.3 Å². The van der Waals surface area contributed by atoms with Crippen LogP contribution in [0.15, 0.2) is 10.3 Å². The molecule has 0 spiro atoms. The first-order chi connectivity index (χ1) is 9.98. The average Bonchev–Trinajstić information content (AvgIpc) is 2.82. The van der Waals surface area contributed by atoms with E-state index in [0.29, 0.717) is 23.2 Å². The number of thiophene rings is 1. The van der Waals surface area contributed by atoms with Gasteiger partial charge in [-0.2, -0.15) is 4.31 Å². The third-order valence-electron chi connectivity index (χ3n) is 4.20. The van der Waals surface area contributed by atoms with Crippen LogP contribution in [0.1, 0.15) is 43.0 Å². The first kappa shape index (κ1) is 16.9. The number of nitrogens with one attached hydrogen (secondary N) is 1. The van der Waals surface area contributed by atoms with Gasteiger partial charge in [0.25, 0.3) is 10.0 Å². The molecule has 4 nitrogen and oxygen atoms in total. The summed E-state index contributed by atoms with van der Waals surface area (Å²) in [6.45, 7) is 6.25. The zero-order chi connectivity index (χ0) is 15.5. The highest BCUT2D eigenvalue weighted by Gasteiger charge is 2.30. The van der Waals surface area contributed by atoms with Gasteiger partial charge in [-0.25, -0.2) is 8.42 Å². The summed E-state index contributed by atoms with van der Waals surface area (Å²) in [4.78, 5) is 1.11. The van der Waals surface area contributed by atoms with Crippen LogP contribution in [-0.2, 0) is 16.6 Å². The third kappa shape index (κ3) is 3.86. The normalized spacial score (nSPS) is 18.2. The lowest BCUT2D eigenvalue weighted by atomic mass is 9.94. The van der Waals surface area contributed by atoms with Crippen LogP contribution < -0.4 is 5.32 Å². The van der Waals surface area contributed by atoms with E-state index in [9.17, 15) is 8.42 Å². The molecule has 1 aliphatic heterocycles. The van der Waals surface area contributed by atoms with E-state index in [2.05, 4.69) is 12.2 Å². The number of nitrogens with zero attached hydrogens (tertiary/aromatic N) is 1. The first-order valence-electron chi connectivity index (χ1n) is 7.73.